The largest absolute Gasteiger partial charge is 0.489 e. The van der Waals surface area contributed by atoms with Crippen molar-refractivity contribution in [1.29, 1.82) is 0 Å². The molecule has 1 aromatic heterocycles. The quantitative estimate of drug-likeness (QED) is 0.726. The molecule has 0 aliphatic rings. The standard InChI is InChI=1S/C15H13FN6O/c16-13-6-4-11(5-7-13)10-23-14-3-1-2-12(8-14)9-18-22-15(17)19-20-21-22/h1-9H,10H2,(H2,17,19,21)/b18-9+. The molecule has 0 spiro atoms. The summed E-state index contributed by atoms with van der Waals surface area (Å²) in [6.07, 6.45) is 1.57. The number of tetrazole rings is 1. The van der Waals surface area contributed by atoms with E-state index in [1.165, 1.54) is 12.1 Å². The molecule has 2 aromatic carbocycles. The first kappa shape index (κ1) is 14.6. The van der Waals surface area contributed by atoms with Gasteiger partial charge in [0.1, 0.15) is 18.2 Å². The average molecular weight is 312 g/mol. The lowest BCUT2D eigenvalue weighted by atomic mass is 10.2. The predicted octanol–water partition coefficient (Wildman–Crippen LogP) is 1.86. The summed E-state index contributed by atoms with van der Waals surface area (Å²) >= 11 is 0. The highest BCUT2D eigenvalue weighted by Crippen LogP contribution is 2.14. The van der Waals surface area contributed by atoms with Crippen LogP contribution in [-0.4, -0.2) is 26.5 Å². The van der Waals surface area contributed by atoms with Gasteiger partial charge in [0.25, 0.3) is 5.95 Å². The van der Waals surface area contributed by atoms with E-state index in [2.05, 4.69) is 20.6 Å². The zero-order valence-corrected chi connectivity index (χ0v) is 12.0. The van der Waals surface area contributed by atoms with Crippen molar-refractivity contribution < 1.29 is 9.13 Å². The van der Waals surface area contributed by atoms with Crippen LogP contribution < -0.4 is 10.5 Å². The fourth-order valence-corrected chi connectivity index (χ4v) is 1.83. The first-order valence-electron chi connectivity index (χ1n) is 6.76. The molecule has 8 heteroatoms. The lowest BCUT2D eigenvalue weighted by Gasteiger charge is -2.06. The number of rotatable bonds is 5. The van der Waals surface area contributed by atoms with Gasteiger partial charge in [-0.1, -0.05) is 34.2 Å². The topological polar surface area (TPSA) is 91.2 Å². The van der Waals surface area contributed by atoms with Crippen molar-refractivity contribution in [3.8, 4) is 5.75 Å². The van der Waals surface area contributed by atoms with E-state index in [9.17, 15) is 4.39 Å². The number of benzene rings is 2. The van der Waals surface area contributed by atoms with Crippen molar-refractivity contribution in [1.82, 2.24) is 20.3 Å². The van der Waals surface area contributed by atoms with Gasteiger partial charge in [0.15, 0.2) is 0 Å². The maximum Gasteiger partial charge on any atom is 0.263 e. The van der Waals surface area contributed by atoms with Crippen molar-refractivity contribution in [3.63, 3.8) is 0 Å². The Labute approximate surface area is 131 Å². The van der Waals surface area contributed by atoms with Gasteiger partial charge in [-0.05, 0) is 45.8 Å². The molecule has 0 aliphatic heterocycles. The van der Waals surface area contributed by atoms with Crippen LogP contribution in [0.4, 0.5) is 10.3 Å². The van der Waals surface area contributed by atoms with Crippen molar-refractivity contribution >= 4 is 12.2 Å². The summed E-state index contributed by atoms with van der Waals surface area (Å²) in [6, 6.07) is 13.5. The van der Waals surface area contributed by atoms with E-state index in [0.29, 0.717) is 12.4 Å². The minimum absolute atomic E-state index is 0.102. The Morgan fingerprint density at radius 3 is 2.78 bits per heavy atom. The first-order valence-corrected chi connectivity index (χ1v) is 6.76. The fraction of sp³-hybridized carbons (Fsp3) is 0.0667. The van der Waals surface area contributed by atoms with Crippen molar-refractivity contribution in [3.05, 3.63) is 65.5 Å². The Bertz CT molecular complexity index is 815. The van der Waals surface area contributed by atoms with Gasteiger partial charge in [0, 0.05) is 0 Å². The number of nitrogens with zero attached hydrogens (tertiary/aromatic N) is 5. The number of nitrogen functional groups attached to an aromatic ring is 1. The summed E-state index contributed by atoms with van der Waals surface area (Å²) in [5.74, 6) is 0.502. The van der Waals surface area contributed by atoms with E-state index < -0.39 is 0 Å². The second-order valence-corrected chi connectivity index (χ2v) is 4.66. The molecule has 0 atom stereocenters. The normalized spacial score (nSPS) is 11.0. The van der Waals surface area contributed by atoms with Crippen LogP contribution in [0.5, 0.6) is 5.75 Å². The average Bonchev–Trinajstić information content (AvgIpc) is 2.98. The molecular formula is C15H13FN6O. The van der Waals surface area contributed by atoms with Crippen LogP contribution in [0.15, 0.2) is 53.6 Å². The summed E-state index contributed by atoms with van der Waals surface area (Å²) in [5.41, 5.74) is 7.20. The number of hydrogen-bond acceptors (Lipinski definition) is 6. The molecule has 0 fully saturated rings. The molecule has 0 saturated heterocycles. The Kier molecular flexibility index (Phi) is 4.23. The molecule has 1 heterocycles. The van der Waals surface area contributed by atoms with Crippen LogP contribution in [-0.2, 0) is 6.61 Å². The van der Waals surface area contributed by atoms with Gasteiger partial charge in [-0.2, -0.15) is 5.10 Å². The van der Waals surface area contributed by atoms with Crippen LogP contribution in [0.1, 0.15) is 11.1 Å². The van der Waals surface area contributed by atoms with Crippen molar-refractivity contribution in [2.75, 3.05) is 5.73 Å². The summed E-state index contributed by atoms with van der Waals surface area (Å²) in [6.45, 7) is 0.348. The highest BCUT2D eigenvalue weighted by atomic mass is 19.1. The van der Waals surface area contributed by atoms with Gasteiger partial charge in [0.2, 0.25) is 0 Å². The van der Waals surface area contributed by atoms with E-state index in [-0.39, 0.29) is 11.8 Å². The van der Waals surface area contributed by atoms with Crippen LogP contribution in [0.2, 0.25) is 0 Å². The van der Waals surface area contributed by atoms with Crippen molar-refractivity contribution in [2.24, 2.45) is 5.10 Å². The van der Waals surface area contributed by atoms with Gasteiger partial charge in [0.05, 0.1) is 6.21 Å². The third-order valence-electron chi connectivity index (χ3n) is 2.97. The molecule has 0 radical (unpaired) electrons. The van der Waals surface area contributed by atoms with Gasteiger partial charge in [-0.15, -0.1) is 0 Å². The van der Waals surface area contributed by atoms with Gasteiger partial charge >= 0.3 is 0 Å². The fourth-order valence-electron chi connectivity index (χ4n) is 1.83. The number of aromatic nitrogens is 4. The second kappa shape index (κ2) is 6.65. The Balaban J connectivity index is 1.66. The first-order chi connectivity index (χ1) is 11.2. The Hall–Kier alpha value is -3.29. The highest BCUT2D eigenvalue weighted by Gasteiger charge is 2.00. The molecule has 2 N–H and O–H groups in total. The molecule has 0 bridgehead atoms. The summed E-state index contributed by atoms with van der Waals surface area (Å²) < 4.78 is 18.5. The molecule has 0 unspecified atom stereocenters. The second-order valence-electron chi connectivity index (χ2n) is 4.66. The molecule has 116 valence electrons. The van der Waals surface area contributed by atoms with E-state index in [1.54, 1.807) is 18.3 Å². The number of halogens is 1. The van der Waals surface area contributed by atoms with Crippen molar-refractivity contribution in [2.45, 2.75) is 6.61 Å². The maximum atomic E-state index is 12.9. The molecule has 0 amide bonds. The highest BCUT2D eigenvalue weighted by molar-refractivity contribution is 5.80. The number of anilines is 1. The molecule has 3 rings (SSSR count). The maximum absolute atomic E-state index is 12.9. The SMILES string of the molecule is Nc1nnnn1/N=C/c1cccc(OCc2ccc(F)cc2)c1. The van der Waals surface area contributed by atoms with Crippen LogP contribution in [0.25, 0.3) is 0 Å². The van der Waals surface area contributed by atoms with Crippen LogP contribution in [0, 0.1) is 5.82 Å². The molecule has 0 aliphatic carbocycles. The summed E-state index contributed by atoms with van der Waals surface area (Å²) in [4.78, 5) is 1.12. The molecule has 7 nitrogen and oxygen atoms in total. The van der Waals surface area contributed by atoms with Crippen LogP contribution >= 0.6 is 0 Å². The predicted molar refractivity (Wildman–Crippen MR) is 82.4 cm³/mol. The van der Waals surface area contributed by atoms with Gasteiger partial charge < -0.3 is 10.5 Å². The van der Waals surface area contributed by atoms with Gasteiger partial charge in [-0.25, -0.2) is 4.39 Å². The van der Waals surface area contributed by atoms with E-state index >= 15 is 0 Å². The molecule has 23 heavy (non-hydrogen) atoms. The minimum Gasteiger partial charge on any atom is -0.489 e. The lowest BCUT2D eigenvalue weighted by molar-refractivity contribution is 0.306. The smallest absolute Gasteiger partial charge is 0.263 e. The zero-order chi connectivity index (χ0) is 16.1. The number of nitrogens with two attached hydrogens (primary N) is 1. The molecule has 3 aromatic rings. The third kappa shape index (κ3) is 3.88. The monoisotopic (exact) mass is 312 g/mol. The summed E-state index contributed by atoms with van der Waals surface area (Å²) in [7, 11) is 0. The van der Waals surface area contributed by atoms with E-state index in [4.69, 9.17) is 10.5 Å². The number of hydrogen-bond donors (Lipinski definition) is 1. The Morgan fingerprint density at radius 2 is 2.04 bits per heavy atom. The molecular weight excluding hydrogens is 299 g/mol. The molecule has 0 saturated carbocycles. The zero-order valence-electron chi connectivity index (χ0n) is 12.0. The number of ether oxygens (including phenoxy) is 1. The van der Waals surface area contributed by atoms with Gasteiger partial charge in [-0.3, -0.25) is 0 Å². The third-order valence-corrected chi connectivity index (χ3v) is 2.97. The Morgan fingerprint density at radius 1 is 1.22 bits per heavy atom. The summed E-state index contributed by atoms with van der Waals surface area (Å²) in [5, 5.41) is 14.6. The van der Waals surface area contributed by atoms with Crippen LogP contribution in [0.3, 0.4) is 0 Å². The lowest BCUT2D eigenvalue weighted by Crippen LogP contribution is -2.00. The van der Waals surface area contributed by atoms with E-state index in [0.717, 1.165) is 15.9 Å². The van der Waals surface area contributed by atoms with E-state index in [1.807, 2.05) is 24.3 Å². The minimum atomic E-state index is -0.270.